The van der Waals surface area contributed by atoms with Crippen molar-refractivity contribution in [1.82, 2.24) is 14.8 Å². The summed E-state index contributed by atoms with van der Waals surface area (Å²) in [5.74, 6) is 0.0109. The van der Waals surface area contributed by atoms with Crippen LogP contribution in [0, 0.1) is 12.8 Å². The van der Waals surface area contributed by atoms with Gasteiger partial charge in [0.1, 0.15) is 6.54 Å². The first-order valence-corrected chi connectivity index (χ1v) is 9.82. The van der Waals surface area contributed by atoms with E-state index in [-0.39, 0.29) is 12.5 Å². The van der Waals surface area contributed by atoms with Crippen molar-refractivity contribution in [2.45, 2.75) is 19.8 Å². The average Bonchev–Trinajstić information content (AvgIpc) is 2.98. The molecular weight excluding hydrogens is 370 g/mol. The smallest absolute Gasteiger partial charge is 0.262 e. The molecule has 0 unspecified atom stereocenters. The summed E-state index contributed by atoms with van der Waals surface area (Å²) in [6.07, 6.45) is 3.35. The normalized spacial score (nSPS) is 16.9. The monoisotopic (exact) mass is 393 g/mol. The highest BCUT2D eigenvalue weighted by Gasteiger charge is 2.37. The van der Waals surface area contributed by atoms with Crippen LogP contribution in [0.1, 0.15) is 39.1 Å². The van der Waals surface area contributed by atoms with E-state index in [1.807, 2.05) is 19.1 Å². The van der Waals surface area contributed by atoms with Gasteiger partial charge < -0.3 is 9.64 Å². The molecule has 1 aromatic carbocycles. The Balaban J connectivity index is 1.28. The molecule has 0 aliphatic carbocycles. The molecule has 7 nitrogen and oxygen atoms in total. The van der Waals surface area contributed by atoms with Gasteiger partial charge in [-0.3, -0.25) is 19.3 Å². The van der Waals surface area contributed by atoms with Crippen LogP contribution >= 0.6 is 0 Å². The Morgan fingerprint density at radius 1 is 1.07 bits per heavy atom. The molecule has 0 spiro atoms. The fourth-order valence-electron chi connectivity index (χ4n) is 3.79. The number of carbonyl (C=O) groups excluding carboxylic acids is 3. The van der Waals surface area contributed by atoms with Gasteiger partial charge in [-0.05, 0) is 43.9 Å². The predicted molar refractivity (Wildman–Crippen MR) is 106 cm³/mol. The molecule has 0 N–H and O–H groups in total. The molecule has 1 fully saturated rings. The first-order valence-electron chi connectivity index (χ1n) is 9.82. The van der Waals surface area contributed by atoms with Gasteiger partial charge in [0.25, 0.3) is 11.8 Å². The number of piperidine rings is 1. The lowest BCUT2D eigenvalue weighted by molar-refractivity contribution is -0.133. The molecule has 3 amide bonds. The van der Waals surface area contributed by atoms with Gasteiger partial charge >= 0.3 is 0 Å². The van der Waals surface area contributed by atoms with E-state index in [0.29, 0.717) is 42.6 Å². The number of benzene rings is 1. The molecule has 4 rings (SSSR count). The zero-order chi connectivity index (χ0) is 20.4. The minimum Gasteiger partial charge on any atom is -0.477 e. The summed E-state index contributed by atoms with van der Waals surface area (Å²) in [4.78, 5) is 44.6. The molecule has 2 aliphatic rings. The van der Waals surface area contributed by atoms with Crippen molar-refractivity contribution in [3.63, 3.8) is 0 Å². The van der Waals surface area contributed by atoms with Crippen LogP contribution in [0.5, 0.6) is 5.88 Å². The number of amides is 3. The Bertz CT molecular complexity index is 916. The van der Waals surface area contributed by atoms with E-state index in [4.69, 9.17) is 4.74 Å². The molecule has 1 aromatic heterocycles. The Kier molecular flexibility index (Phi) is 5.29. The molecular formula is C22H23N3O4. The molecule has 2 aromatic rings. The predicted octanol–water partition coefficient (Wildman–Crippen LogP) is 2.30. The molecule has 3 heterocycles. The summed E-state index contributed by atoms with van der Waals surface area (Å²) < 4.78 is 5.83. The summed E-state index contributed by atoms with van der Waals surface area (Å²) in [6, 6.07) is 10.5. The fraction of sp³-hybridized carbons (Fsp3) is 0.364. The van der Waals surface area contributed by atoms with Gasteiger partial charge in [0.15, 0.2) is 0 Å². The lowest BCUT2D eigenvalue weighted by Crippen LogP contribution is -2.46. The van der Waals surface area contributed by atoms with Gasteiger partial charge in [0.2, 0.25) is 11.8 Å². The average molecular weight is 393 g/mol. The van der Waals surface area contributed by atoms with E-state index in [1.165, 1.54) is 0 Å². The molecule has 0 saturated carbocycles. The lowest BCUT2D eigenvalue weighted by Gasteiger charge is -2.32. The Morgan fingerprint density at radius 2 is 1.72 bits per heavy atom. The molecule has 7 heteroatoms. The molecule has 29 heavy (non-hydrogen) atoms. The van der Waals surface area contributed by atoms with E-state index < -0.39 is 11.8 Å². The van der Waals surface area contributed by atoms with E-state index >= 15 is 0 Å². The van der Waals surface area contributed by atoms with E-state index in [1.54, 1.807) is 35.4 Å². The summed E-state index contributed by atoms with van der Waals surface area (Å²) >= 11 is 0. The third-order valence-corrected chi connectivity index (χ3v) is 5.56. The lowest BCUT2D eigenvalue weighted by atomic mass is 9.98. The quantitative estimate of drug-likeness (QED) is 0.729. The molecule has 1 saturated heterocycles. The number of carbonyl (C=O) groups is 3. The van der Waals surface area contributed by atoms with E-state index in [9.17, 15) is 14.4 Å². The van der Waals surface area contributed by atoms with E-state index in [2.05, 4.69) is 4.98 Å². The van der Waals surface area contributed by atoms with Gasteiger partial charge in [-0.1, -0.05) is 18.2 Å². The van der Waals surface area contributed by atoms with Crippen LogP contribution in [0.4, 0.5) is 0 Å². The molecule has 150 valence electrons. The van der Waals surface area contributed by atoms with Crippen molar-refractivity contribution in [2.75, 3.05) is 26.2 Å². The van der Waals surface area contributed by atoms with Crippen LogP contribution < -0.4 is 4.74 Å². The zero-order valence-corrected chi connectivity index (χ0v) is 16.3. The highest BCUT2D eigenvalue weighted by molar-refractivity contribution is 6.22. The maximum Gasteiger partial charge on any atom is 0.262 e. The fourth-order valence-corrected chi connectivity index (χ4v) is 3.79. The maximum absolute atomic E-state index is 12.7. The Morgan fingerprint density at radius 3 is 2.34 bits per heavy atom. The zero-order valence-electron chi connectivity index (χ0n) is 16.3. The summed E-state index contributed by atoms with van der Waals surface area (Å²) in [6.45, 7) is 3.51. The number of aryl methyl sites for hydroxylation is 1. The van der Waals surface area contributed by atoms with Gasteiger partial charge in [-0.15, -0.1) is 0 Å². The minimum absolute atomic E-state index is 0.195. The topological polar surface area (TPSA) is 79.8 Å². The first-order chi connectivity index (χ1) is 14.0. The van der Waals surface area contributed by atoms with Gasteiger partial charge in [0.05, 0.1) is 17.7 Å². The van der Waals surface area contributed by atoms with Crippen LogP contribution in [0.25, 0.3) is 0 Å². The number of pyridine rings is 1. The number of nitrogens with zero attached hydrogens (tertiary/aromatic N) is 3. The summed E-state index contributed by atoms with van der Waals surface area (Å²) in [5.41, 5.74) is 1.73. The van der Waals surface area contributed by atoms with Crippen molar-refractivity contribution < 1.29 is 19.1 Å². The second kappa shape index (κ2) is 8.03. The molecule has 2 aliphatic heterocycles. The van der Waals surface area contributed by atoms with Gasteiger partial charge in [0, 0.05) is 24.8 Å². The number of hydrogen-bond acceptors (Lipinski definition) is 5. The molecule has 0 radical (unpaired) electrons. The summed E-state index contributed by atoms with van der Waals surface area (Å²) in [5, 5.41) is 0. The van der Waals surface area contributed by atoms with Gasteiger partial charge in [-0.25, -0.2) is 4.98 Å². The molecule has 0 atom stereocenters. The SMILES string of the molecule is Cc1cccnc1OCC1CCN(C(=O)CN2C(=O)c3ccccc3C2=O)CC1. The standard InChI is InChI=1S/C22H23N3O4/c1-15-5-4-10-23-20(15)29-14-16-8-11-24(12-9-16)19(26)13-25-21(27)17-6-2-3-7-18(17)22(25)28/h2-7,10,16H,8-9,11-14H2,1H3. The highest BCUT2D eigenvalue weighted by atomic mass is 16.5. The Hall–Kier alpha value is -3.22. The maximum atomic E-state index is 12.7. The largest absolute Gasteiger partial charge is 0.477 e. The van der Waals surface area contributed by atoms with E-state index in [0.717, 1.165) is 23.3 Å². The van der Waals surface area contributed by atoms with Crippen molar-refractivity contribution in [2.24, 2.45) is 5.92 Å². The highest BCUT2D eigenvalue weighted by Crippen LogP contribution is 2.24. The van der Waals surface area contributed by atoms with Crippen LogP contribution in [0.3, 0.4) is 0 Å². The number of imide groups is 1. The first kappa shape index (κ1) is 19.1. The number of hydrogen-bond donors (Lipinski definition) is 0. The van der Waals surface area contributed by atoms with Crippen molar-refractivity contribution in [1.29, 1.82) is 0 Å². The molecule has 0 bridgehead atoms. The summed E-state index contributed by atoms with van der Waals surface area (Å²) in [7, 11) is 0. The van der Waals surface area contributed by atoms with Crippen LogP contribution in [-0.2, 0) is 4.79 Å². The number of rotatable bonds is 5. The third kappa shape index (κ3) is 3.85. The van der Waals surface area contributed by atoms with Crippen LogP contribution in [0.15, 0.2) is 42.6 Å². The second-order valence-corrected chi connectivity index (χ2v) is 7.50. The Labute approximate surface area is 169 Å². The van der Waals surface area contributed by atoms with Crippen LogP contribution in [0.2, 0.25) is 0 Å². The minimum atomic E-state index is -0.395. The van der Waals surface area contributed by atoms with Crippen molar-refractivity contribution in [3.8, 4) is 5.88 Å². The number of fused-ring (bicyclic) bond motifs is 1. The van der Waals surface area contributed by atoms with Gasteiger partial charge in [-0.2, -0.15) is 0 Å². The van der Waals surface area contributed by atoms with Crippen molar-refractivity contribution >= 4 is 17.7 Å². The second-order valence-electron chi connectivity index (χ2n) is 7.50. The number of likely N-dealkylation sites (tertiary alicyclic amines) is 1. The number of aromatic nitrogens is 1. The third-order valence-electron chi connectivity index (χ3n) is 5.56. The number of ether oxygens (including phenoxy) is 1. The van der Waals surface area contributed by atoms with Crippen molar-refractivity contribution in [3.05, 3.63) is 59.3 Å². The van der Waals surface area contributed by atoms with Crippen LogP contribution in [-0.4, -0.2) is 58.7 Å².